The molecule has 3 heterocycles. The molecule has 0 atom stereocenters. The van der Waals surface area contributed by atoms with E-state index in [2.05, 4.69) is 15.0 Å². The molecule has 11 heteroatoms. The number of aromatic nitrogens is 4. The predicted octanol–water partition coefficient (Wildman–Crippen LogP) is 3.01. The van der Waals surface area contributed by atoms with E-state index in [-0.39, 0.29) is 12.0 Å². The summed E-state index contributed by atoms with van der Waals surface area (Å²) in [6, 6.07) is 14.5. The van der Waals surface area contributed by atoms with Gasteiger partial charge in [0.2, 0.25) is 5.95 Å². The summed E-state index contributed by atoms with van der Waals surface area (Å²) in [6.45, 7) is 1.97. The largest absolute Gasteiger partial charge is 0.493 e. The Labute approximate surface area is 207 Å². The topological polar surface area (TPSA) is 129 Å². The number of para-hydroxylation sites is 1. The van der Waals surface area contributed by atoms with Crippen molar-refractivity contribution in [1.29, 1.82) is 0 Å². The van der Waals surface area contributed by atoms with E-state index in [1.165, 1.54) is 0 Å². The Morgan fingerprint density at radius 1 is 0.917 bits per heavy atom. The van der Waals surface area contributed by atoms with Crippen LogP contribution in [0.5, 0.6) is 17.2 Å². The van der Waals surface area contributed by atoms with Gasteiger partial charge in [0.15, 0.2) is 28.5 Å². The van der Waals surface area contributed by atoms with Crippen molar-refractivity contribution in [2.24, 2.45) is 0 Å². The van der Waals surface area contributed by atoms with Gasteiger partial charge >= 0.3 is 6.09 Å². The van der Waals surface area contributed by atoms with E-state index in [0.29, 0.717) is 66.1 Å². The van der Waals surface area contributed by atoms with Crippen molar-refractivity contribution >= 4 is 29.0 Å². The summed E-state index contributed by atoms with van der Waals surface area (Å²) in [6.07, 6.45) is 1.25. The fraction of sp³-hybridized carbons (Fsp3) is 0.240. The number of piperazine rings is 1. The van der Waals surface area contributed by atoms with E-state index in [9.17, 15) is 4.79 Å². The lowest BCUT2D eigenvalue weighted by molar-refractivity contribution is 0.149. The van der Waals surface area contributed by atoms with Crippen LogP contribution >= 0.6 is 0 Å². The number of ether oxygens (including phenoxy) is 3. The van der Waals surface area contributed by atoms with Crippen LogP contribution in [0.1, 0.15) is 0 Å². The number of methoxy groups -OCH3 is 2. The molecular formula is C25H25N7O4. The molecular weight excluding hydrogens is 462 g/mol. The number of fused-ring (bicyclic) bond motifs is 1. The highest BCUT2D eigenvalue weighted by atomic mass is 16.6. The number of rotatable bonds is 5. The molecule has 1 amide bonds. The van der Waals surface area contributed by atoms with Gasteiger partial charge in [0.1, 0.15) is 5.75 Å². The molecule has 5 rings (SSSR count). The molecule has 1 fully saturated rings. The minimum absolute atomic E-state index is 0.108. The highest BCUT2D eigenvalue weighted by Crippen LogP contribution is 2.32. The minimum Gasteiger partial charge on any atom is -0.493 e. The number of benzene rings is 2. The second-order valence-corrected chi connectivity index (χ2v) is 8.06. The third kappa shape index (κ3) is 4.63. The maximum absolute atomic E-state index is 12.6. The molecule has 0 saturated carbocycles. The third-order valence-electron chi connectivity index (χ3n) is 5.87. The van der Waals surface area contributed by atoms with Crippen molar-refractivity contribution < 1.29 is 19.0 Å². The molecule has 11 nitrogen and oxygen atoms in total. The summed E-state index contributed by atoms with van der Waals surface area (Å²) in [7, 11) is 3.17. The third-order valence-corrected chi connectivity index (χ3v) is 5.87. The molecule has 1 aliphatic heterocycles. The normalized spacial score (nSPS) is 13.5. The van der Waals surface area contributed by atoms with Gasteiger partial charge in [0.25, 0.3) is 0 Å². The molecule has 1 aliphatic rings. The zero-order valence-electron chi connectivity index (χ0n) is 19.9. The van der Waals surface area contributed by atoms with Crippen molar-refractivity contribution in [1.82, 2.24) is 24.8 Å². The number of carbonyl (C=O) groups excluding carboxylic acids is 1. The number of nitrogens with zero attached hydrogens (tertiary/aromatic N) is 6. The first kappa shape index (κ1) is 23.1. The van der Waals surface area contributed by atoms with Gasteiger partial charge in [0.05, 0.1) is 26.1 Å². The van der Waals surface area contributed by atoms with Crippen molar-refractivity contribution in [2.45, 2.75) is 0 Å². The van der Waals surface area contributed by atoms with Crippen molar-refractivity contribution in [3.63, 3.8) is 0 Å². The molecule has 1 saturated heterocycles. The molecule has 0 bridgehead atoms. The van der Waals surface area contributed by atoms with Gasteiger partial charge in [0, 0.05) is 31.7 Å². The quantitative estimate of drug-likeness (QED) is 0.448. The van der Waals surface area contributed by atoms with Gasteiger partial charge in [-0.1, -0.05) is 18.2 Å². The van der Waals surface area contributed by atoms with Crippen LogP contribution in [0.4, 0.5) is 16.6 Å². The first-order valence-corrected chi connectivity index (χ1v) is 11.3. The van der Waals surface area contributed by atoms with Crippen LogP contribution < -0.4 is 24.8 Å². The molecule has 2 aromatic carbocycles. The Balaban J connectivity index is 1.39. The molecule has 0 aliphatic carbocycles. The number of anilines is 2. The predicted molar refractivity (Wildman–Crippen MR) is 134 cm³/mol. The van der Waals surface area contributed by atoms with Gasteiger partial charge in [-0.15, -0.1) is 0 Å². The van der Waals surface area contributed by atoms with Crippen LogP contribution in [-0.4, -0.2) is 71.3 Å². The Bertz CT molecular complexity index is 1390. The second-order valence-electron chi connectivity index (χ2n) is 8.06. The fourth-order valence-electron chi connectivity index (χ4n) is 4.02. The summed E-state index contributed by atoms with van der Waals surface area (Å²) < 4.78 is 16.2. The maximum Gasteiger partial charge on any atom is 0.415 e. The Morgan fingerprint density at radius 3 is 2.39 bits per heavy atom. The lowest BCUT2D eigenvalue weighted by Gasteiger charge is -2.34. The average molecular weight is 488 g/mol. The van der Waals surface area contributed by atoms with E-state index in [1.807, 2.05) is 41.3 Å². The number of carbonyl (C=O) groups is 1. The van der Waals surface area contributed by atoms with E-state index >= 15 is 0 Å². The standard InChI is InChI=1S/C25H25N7O4/c1-34-19-9-8-16(14-20(19)35-2)18-15-27-22-21(28-18)23(30-24(26)29-22)31-10-12-32(13-11-31)25(33)36-17-6-4-3-5-7-17/h3-9,14-15H,10-13H2,1-2H3,(H2,26,27,29,30). The van der Waals surface area contributed by atoms with Gasteiger partial charge in [-0.25, -0.2) is 14.8 Å². The zero-order chi connectivity index (χ0) is 25.1. The van der Waals surface area contributed by atoms with Gasteiger partial charge in [-0.05, 0) is 30.3 Å². The van der Waals surface area contributed by atoms with Crippen LogP contribution in [0.15, 0.2) is 54.7 Å². The van der Waals surface area contributed by atoms with E-state index in [4.69, 9.17) is 24.9 Å². The van der Waals surface area contributed by atoms with Crippen LogP contribution in [0.3, 0.4) is 0 Å². The SMILES string of the molecule is COc1ccc(-c2cnc3nc(N)nc(N4CCN(C(=O)Oc5ccccc5)CC4)c3n2)cc1OC. The Kier molecular flexibility index (Phi) is 6.35. The van der Waals surface area contributed by atoms with E-state index in [1.54, 1.807) is 37.4 Å². The van der Waals surface area contributed by atoms with E-state index < -0.39 is 0 Å². The summed E-state index contributed by atoms with van der Waals surface area (Å²) >= 11 is 0. The Morgan fingerprint density at radius 2 is 1.67 bits per heavy atom. The lowest BCUT2D eigenvalue weighted by atomic mass is 10.1. The summed E-state index contributed by atoms with van der Waals surface area (Å²) in [5, 5.41) is 0. The highest BCUT2D eigenvalue weighted by molar-refractivity contribution is 5.86. The summed E-state index contributed by atoms with van der Waals surface area (Å²) in [4.78, 5) is 34.3. The van der Waals surface area contributed by atoms with Crippen LogP contribution in [0.25, 0.3) is 22.4 Å². The molecule has 2 N–H and O–H groups in total. The van der Waals surface area contributed by atoms with Crippen molar-refractivity contribution in [3.05, 3.63) is 54.7 Å². The first-order valence-electron chi connectivity index (χ1n) is 11.3. The van der Waals surface area contributed by atoms with E-state index in [0.717, 1.165) is 5.56 Å². The molecule has 0 spiro atoms. The number of hydrogen-bond donors (Lipinski definition) is 1. The molecule has 0 unspecified atom stereocenters. The van der Waals surface area contributed by atoms with Gasteiger partial charge < -0.3 is 29.7 Å². The molecule has 36 heavy (non-hydrogen) atoms. The number of nitrogen functional groups attached to an aromatic ring is 1. The molecule has 0 radical (unpaired) electrons. The van der Waals surface area contributed by atoms with Crippen LogP contribution in [0, 0.1) is 0 Å². The van der Waals surface area contributed by atoms with Gasteiger partial charge in [-0.2, -0.15) is 9.97 Å². The number of nitrogens with two attached hydrogens (primary N) is 1. The number of amides is 1. The first-order chi connectivity index (χ1) is 17.6. The molecule has 2 aromatic heterocycles. The second kappa shape index (κ2) is 9.90. The number of hydrogen-bond acceptors (Lipinski definition) is 10. The monoisotopic (exact) mass is 487 g/mol. The lowest BCUT2D eigenvalue weighted by Crippen LogP contribution is -2.50. The van der Waals surface area contributed by atoms with Crippen molar-refractivity contribution in [2.75, 3.05) is 51.0 Å². The zero-order valence-corrected chi connectivity index (χ0v) is 19.9. The van der Waals surface area contributed by atoms with Gasteiger partial charge in [-0.3, -0.25) is 0 Å². The summed E-state index contributed by atoms with van der Waals surface area (Å²) in [5.74, 6) is 2.40. The highest BCUT2D eigenvalue weighted by Gasteiger charge is 2.26. The summed E-state index contributed by atoms with van der Waals surface area (Å²) in [5.41, 5.74) is 8.33. The minimum atomic E-state index is -0.386. The molecule has 184 valence electrons. The van der Waals surface area contributed by atoms with Crippen LogP contribution in [-0.2, 0) is 0 Å². The van der Waals surface area contributed by atoms with Crippen LogP contribution in [0.2, 0.25) is 0 Å². The van der Waals surface area contributed by atoms with Crippen molar-refractivity contribution in [3.8, 4) is 28.5 Å². The Hall–Kier alpha value is -4.67. The maximum atomic E-state index is 12.6. The smallest absolute Gasteiger partial charge is 0.415 e. The molecule has 4 aromatic rings. The fourth-order valence-corrected chi connectivity index (χ4v) is 4.02. The average Bonchev–Trinajstić information content (AvgIpc) is 2.92.